The Balaban J connectivity index is 1.98. The normalized spacial score (nSPS) is 11.4. The molecule has 0 aliphatic carbocycles. The molecule has 0 saturated carbocycles. The molecule has 24 heavy (non-hydrogen) atoms. The summed E-state index contributed by atoms with van der Waals surface area (Å²) < 4.78 is 1.69. The van der Waals surface area contributed by atoms with E-state index in [1.165, 1.54) is 12.1 Å². The average molecular weight is 333 g/mol. The summed E-state index contributed by atoms with van der Waals surface area (Å²) in [5.74, 6) is -1.15. The third kappa shape index (κ3) is 3.89. The highest BCUT2D eigenvalue weighted by atomic mass is 16.6. The molecule has 0 spiro atoms. The van der Waals surface area contributed by atoms with Crippen molar-refractivity contribution >= 4 is 28.5 Å². The van der Waals surface area contributed by atoms with E-state index in [2.05, 4.69) is 5.32 Å². The van der Waals surface area contributed by atoms with Gasteiger partial charge in [-0.25, -0.2) is 0 Å². The van der Waals surface area contributed by atoms with Crippen molar-refractivity contribution in [1.29, 1.82) is 0 Å². The zero-order chi connectivity index (χ0) is 17.9. The molecule has 1 aromatic heterocycles. The van der Waals surface area contributed by atoms with Gasteiger partial charge in [-0.3, -0.25) is 19.7 Å². The first kappa shape index (κ1) is 17.5. The number of nitro benzene ring substituents is 1. The third-order valence-corrected chi connectivity index (χ3v) is 3.93. The van der Waals surface area contributed by atoms with Gasteiger partial charge in [0, 0.05) is 35.8 Å². The lowest BCUT2D eigenvalue weighted by atomic mass is 9.90. The van der Waals surface area contributed by atoms with E-state index >= 15 is 0 Å². The van der Waals surface area contributed by atoms with Crippen molar-refractivity contribution in [1.82, 2.24) is 9.88 Å². The molecule has 8 heteroatoms. The Morgan fingerprint density at radius 1 is 1.33 bits per heavy atom. The zero-order valence-corrected chi connectivity index (χ0v) is 13.5. The molecule has 0 saturated heterocycles. The number of benzene rings is 1. The molecule has 128 valence electrons. The Hall–Kier alpha value is -2.90. The largest absolute Gasteiger partial charge is 0.481 e. The third-order valence-electron chi connectivity index (χ3n) is 3.93. The molecule has 1 heterocycles. The topological polar surface area (TPSA) is 114 Å². The number of rotatable bonds is 7. The predicted molar refractivity (Wildman–Crippen MR) is 87.6 cm³/mol. The molecule has 0 aliphatic heterocycles. The molecule has 0 aliphatic rings. The number of carbonyl (C=O) groups excluding carboxylic acids is 1. The van der Waals surface area contributed by atoms with Crippen molar-refractivity contribution in [3.05, 3.63) is 40.6 Å². The minimum absolute atomic E-state index is 0.000559. The Morgan fingerprint density at radius 2 is 2.04 bits per heavy atom. The van der Waals surface area contributed by atoms with Crippen LogP contribution in [-0.4, -0.2) is 33.0 Å². The second kappa shape index (κ2) is 6.69. The highest BCUT2D eigenvalue weighted by molar-refractivity contribution is 5.85. The number of aliphatic carboxylic acids is 1. The van der Waals surface area contributed by atoms with Gasteiger partial charge < -0.3 is 15.0 Å². The molecular formula is C16H19N3O5. The van der Waals surface area contributed by atoms with E-state index in [0.29, 0.717) is 11.8 Å². The first-order chi connectivity index (χ1) is 11.2. The fourth-order valence-electron chi connectivity index (χ4n) is 2.27. The summed E-state index contributed by atoms with van der Waals surface area (Å²) in [4.78, 5) is 33.3. The summed E-state index contributed by atoms with van der Waals surface area (Å²) in [5.41, 5.74) is -0.172. The van der Waals surface area contributed by atoms with Gasteiger partial charge in [0.2, 0.25) is 5.91 Å². The van der Waals surface area contributed by atoms with Crippen LogP contribution >= 0.6 is 0 Å². The molecule has 2 rings (SSSR count). The number of amides is 1. The van der Waals surface area contributed by atoms with Crippen molar-refractivity contribution < 1.29 is 19.6 Å². The number of carbonyl (C=O) groups is 2. The summed E-state index contributed by atoms with van der Waals surface area (Å²) >= 11 is 0. The van der Waals surface area contributed by atoms with Gasteiger partial charge in [0.25, 0.3) is 5.69 Å². The minimum Gasteiger partial charge on any atom is -0.481 e. The molecule has 0 bridgehead atoms. The first-order valence-corrected chi connectivity index (χ1v) is 7.44. The lowest BCUT2D eigenvalue weighted by molar-refractivity contribution is -0.384. The van der Waals surface area contributed by atoms with Crippen LogP contribution in [0.2, 0.25) is 0 Å². The molecule has 0 unspecified atom stereocenters. The van der Waals surface area contributed by atoms with E-state index < -0.39 is 16.3 Å². The average Bonchev–Trinajstić information content (AvgIpc) is 2.89. The number of nitrogens with zero attached hydrogens (tertiary/aromatic N) is 2. The number of aromatic nitrogens is 1. The minimum atomic E-state index is -0.908. The standard InChI is InChI=1S/C16H19N3O5/c1-16(2,15(21)22)6-7-17-14(20)10-18-8-5-11-9-12(19(23)24)3-4-13(11)18/h3-5,8-9H,6-7,10H2,1-2H3,(H,17,20)(H,21,22). The summed E-state index contributed by atoms with van der Waals surface area (Å²) in [6.45, 7) is 3.54. The second-order valence-corrected chi connectivity index (χ2v) is 6.23. The van der Waals surface area contributed by atoms with E-state index in [9.17, 15) is 19.7 Å². The van der Waals surface area contributed by atoms with Crippen molar-refractivity contribution in [2.75, 3.05) is 6.54 Å². The molecule has 1 amide bonds. The molecule has 0 atom stereocenters. The maximum Gasteiger partial charge on any atom is 0.309 e. The van der Waals surface area contributed by atoms with Crippen LogP contribution in [0.4, 0.5) is 5.69 Å². The maximum absolute atomic E-state index is 12.0. The number of nitro groups is 1. The van der Waals surface area contributed by atoms with Gasteiger partial charge in [-0.1, -0.05) is 0 Å². The quantitative estimate of drug-likeness (QED) is 0.595. The fraction of sp³-hybridized carbons (Fsp3) is 0.375. The molecule has 2 N–H and O–H groups in total. The Kier molecular flexibility index (Phi) is 4.87. The maximum atomic E-state index is 12.0. The number of fused-ring (bicyclic) bond motifs is 1. The van der Waals surface area contributed by atoms with Gasteiger partial charge in [-0.05, 0) is 32.4 Å². The molecular weight excluding hydrogens is 314 g/mol. The van der Waals surface area contributed by atoms with Crippen LogP contribution in [0.5, 0.6) is 0 Å². The molecule has 0 radical (unpaired) electrons. The smallest absolute Gasteiger partial charge is 0.309 e. The lowest BCUT2D eigenvalue weighted by Crippen LogP contribution is -2.33. The van der Waals surface area contributed by atoms with Crippen molar-refractivity contribution in [2.45, 2.75) is 26.8 Å². The van der Waals surface area contributed by atoms with E-state index in [4.69, 9.17) is 5.11 Å². The van der Waals surface area contributed by atoms with Gasteiger partial charge in [0.15, 0.2) is 0 Å². The van der Waals surface area contributed by atoms with Crippen molar-refractivity contribution in [3.63, 3.8) is 0 Å². The van der Waals surface area contributed by atoms with Crippen LogP contribution in [0, 0.1) is 15.5 Å². The van der Waals surface area contributed by atoms with E-state index in [1.807, 2.05) is 0 Å². The number of carboxylic acids is 1. The van der Waals surface area contributed by atoms with Crippen LogP contribution in [0.3, 0.4) is 0 Å². The summed E-state index contributed by atoms with van der Waals surface area (Å²) in [6.07, 6.45) is 2.02. The fourth-order valence-corrected chi connectivity index (χ4v) is 2.27. The summed E-state index contributed by atoms with van der Waals surface area (Å²) in [6, 6.07) is 6.17. The van der Waals surface area contributed by atoms with Crippen LogP contribution in [0.25, 0.3) is 10.9 Å². The highest BCUT2D eigenvalue weighted by Crippen LogP contribution is 2.22. The highest BCUT2D eigenvalue weighted by Gasteiger charge is 2.26. The van der Waals surface area contributed by atoms with Crippen LogP contribution < -0.4 is 5.32 Å². The van der Waals surface area contributed by atoms with E-state index in [-0.39, 0.29) is 24.7 Å². The van der Waals surface area contributed by atoms with Crippen LogP contribution in [0.15, 0.2) is 30.5 Å². The number of hydrogen-bond donors (Lipinski definition) is 2. The molecule has 0 fully saturated rings. The van der Waals surface area contributed by atoms with E-state index in [0.717, 1.165) is 5.52 Å². The van der Waals surface area contributed by atoms with Crippen LogP contribution in [0.1, 0.15) is 20.3 Å². The SMILES string of the molecule is CC(C)(CCNC(=O)Cn1ccc2cc([N+](=O)[O-])ccc21)C(=O)O. The van der Waals surface area contributed by atoms with E-state index in [1.54, 1.807) is 36.7 Å². The number of hydrogen-bond acceptors (Lipinski definition) is 4. The predicted octanol–water partition coefficient (Wildman–Crippen LogP) is 2.17. The molecule has 8 nitrogen and oxygen atoms in total. The number of non-ortho nitro benzene ring substituents is 1. The molecule has 2 aromatic rings. The Bertz CT molecular complexity index is 794. The van der Waals surface area contributed by atoms with Gasteiger partial charge in [-0.2, -0.15) is 0 Å². The van der Waals surface area contributed by atoms with Crippen molar-refractivity contribution in [2.24, 2.45) is 5.41 Å². The lowest BCUT2D eigenvalue weighted by Gasteiger charge is -2.19. The summed E-state index contributed by atoms with van der Waals surface area (Å²) in [7, 11) is 0. The van der Waals surface area contributed by atoms with Crippen LogP contribution in [-0.2, 0) is 16.1 Å². The number of nitrogens with one attached hydrogen (secondary N) is 1. The zero-order valence-electron chi connectivity index (χ0n) is 13.5. The Morgan fingerprint density at radius 3 is 2.67 bits per heavy atom. The van der Waals surface area contributed by atoms with Crippen molar-refractivity contribution in [3.8, 4) is 0 Å². The second-order valence-electron chi connectivity index (χ2n) is 6.23. The summed E-state index contributed by atoms with van der Waals surface area (Å²) in [5, 5.41) is 23.2. The number of carboxylic acid groups (broad SMARTS) is 1. The first-order valence-electron chi connectivity index (χ1n) is 7.44. The van der Waals surface area contributed by atoms with Gasteiger partial charge in [0.05, 0.1) is 10.3 Å². The molecule has 1 aromatic carbocycles. The van der Waals surface area contributed by atoms with Gasteiger partial charge in [0.1, 0.15) is 6.54 Å². The van der Waals surface area contributed by atoms with Gasteiger partial charge >= 0.3 is 5.97 Å². The Labute approximate surface area is 138 Å². The van der Waals surface area contributed by atoms with Gasteiger partial charge in [-0.15, -0.1) is 0 Å². The monoisotopic (exact) mass is 333 g/mol.